The van der Waals surface area contributed by atoms with Gasteiger partial charge in [-0.05, 0) is 12.5 Å². The van der Waals surface area contributed by atoms with Gasteiger partial charge in [0.15, 0.2) is 0 Å². The van der Waals surface area contributed by atoms with E-state index in [9.17, 15) is 10.1 Å². The van der Waals surface area contributed by atoms with Crippen LogP contribution in [0.3, 0.4) is 0 Å². The van der Waals surface area contributed by atoms with Crippen LogP contribution in [0.15, 0.2) is 24.3 Å². The summed E-state index contributed by atoms with van der Waals surface area (Å²) >= 11 is 0. The lowest BCUT2D eigenvalue weighted by Gasteiger charge is -2.22. The molecular weight excluding hydrogens is 196 g/mol. The first-order valence-corrected chi connectivity index (χ1v) is 4.57. The van der Waals surface area contributed by atoms with Crippen LogP contribution in [0.25, 0.3) is 0 Å². The molecule has 0 aliphatic carbocycles. The van der Waals surface area contributed by atoms with Crippen molar-refractivity contribution < 1.29 is 9.76 Å². The third-order valence-corrected chi connectivity index (χ3v) is 2.42. The molecular formula is C10H14N2O3. The molecule has 82 valence electrons. The first-order valence-electron chi connectivity index (χ1n) is 4.57. The number of non-ortho nitro benzene ring substituents is 1. The summed E-state index contributed by atoms with van der Waals surface area (Å²) in [6, 6.07) is 6.53. The molecule has 0 fully saturated rings. The summed E-state index contributed by atoms with van der Waals surface area (Å²) < 4.78 is 0. The van der Waals surface area contributed by atoms with Gasteiger partial charge < -0.3 is 4.84 Å². The maximum atomic E-state index is 10.4. The fourth-order valence-electron chi connectivity index (χ4n) is 1.24. The van der Waals surface area contributed by atoms with Gasteiger partial charge in [-0.1, -0.05) is 12.1 Å². The standard InChI is InChI=1S/C10H14N2O3/c1-8(11(2)15-3)9-4-6-10(7-5-9)12(13)14/h4-8H,1-3H3. The lowest BCUT2D eigenvalue weighted by atomic mass is 10.1. The molecule has 0 aliphatic heterocycles. The largest absolute Gasteiger partial charge is 0.302 e. The molecule has 0 saturated carbocycles. The van der Waals surface area contributed by atoms with E-state index in [1.54, 1.807) is 24.3 Å². The van der Waals surface area contributed by atoms with E-state index in [1.165, 1.54) is 12.1 Å². The number of hydrogen-bond acceptors (Lipinski definition) is 4. The molecule has 0 N–H and O–H groups in total. The number of rotatable bonds is 4. The molecule has 0 heterocycles. The number of hydrogen-bond donors (Lipinski definition) is 0. The van der Waals surface area contributed by atoms with Gasteiger partial charge in [-0.3, -0.25) is 10.1 Å². The molecule has 5 nitrogen and oxygen atoms in total. The molecule has 1 atom stereocenters. The van der Waals surface area contributed by atoms with Gasteiger partial charge >= 0.3 is 0 Å². The van der Waals surface area contributed by atoms with Crippen molar-refractivity contribution >= 4 is 5.69 Å². The van der Waals surface area contributed by atoms with Crippen molar-refractivity contribution in [3.05, 3.63) is 39.9 Å². The van der Waals surface area contributed by atoms with E-state index in [0.29, 0.717) is 0 Å². The van der Waals surface area contributed by atoms with Crippen LogP contribution in [0.2, 0.25) is 0 Å². The molecule has 0 aromatic heterocycles. The van der Waals surface area contributed by atoms with Gasteiger partial charge in [0.2, 0.25) is 0 Å². The van der Waals surface area contributed by atoms with Crippen molar-refractivity contribution in [3.8, 4) is 0 Å². The summed E-state index contributed by atoms with van der Waals surface area (Å²) in [5.41, 5.74) is 1.08. The Bertz CT molecular complexity index is 337. The summed E-state index contributed by atoms with van der Waals surface area (Å²) in [7, 11) is 3.40. The van der Waals surface area contributed by atoms with Gasteiger partial charge in [0.05, 0.1) is 18.1 Å². The van der Waals surface area contributed by atoms with Crippen LogP contribution in [0, 0.1) is 10.1 Å². The third kappa shape index (κ3) is 2.74. The quantitative estimate of drug-likeness (QED) is 0.564. The van der Waals surface area contributed by atoms with Crippen molar-refractivity contribution in [2.24, 2.45) is 0 Å². The Hall–Kier alpha value is -1.46. The van der Waals surface area contributed by atoms with Gasteiger partial charge in [-0.25, -0.2) is 0 Å². The first-order chi connectivity index (χ1) is 7.06. The average Bonchev–Trinajstić information content (AvgIpc) is 2.27. The van der Waals surface area contributed by atoms with Gasteiger partial charge in [0, 0.05) is 19.2 Å². The van der Waals surface area contributed by atoms with E-state index in [-0.39, 0.29) is 11.7 Å². The monoisotopic (exact) mass is 210 g/mol. The Morgan fingerprint density at radius 2 is 1.93 bits per heavy atom. The van der Waals surface area contributed by atoms with Crippen LogP contribution >= 0.6 is 0 Å². The Morgan fingerprint density at radius 3 is 2.33 bits per heavy atom. The van der Waals surface area contributed by atoms with E-state index in [4.69, 9.17) is 4.84 Å². The molecule has 0 saturated heterocycles. The SMILES string of the molecule is CON(C)C(C)c1ccc([N+](=O)[O-])cc1. The van der Waals surface area contributed by atoms with E-state index in [2.05, 4.69) is 0 Å². The lowest BCUT2D eigenvalue weighted by molar-refractivity contribution is -0.384. The predicted octanol–water partition coefficient (Wildman–Crippen LogP) is 2.15. The summed E-state index contributed by atoms with van der Waals surface area (Å²) in [5, 5.41) is 12.1. The van der Waals surface area contributed by atoms with Crippen LogP contribution in [-0.4, -0.2) is 24.1 Å². The van der Waals surface area contributed by atoms with Crippen molar-refractivity contribution in [1.82, 2.24) is 5.06 Å². The molecule has 0 aliphatic rings. The van der Waals surface area contributed by atoms with Crippen LogP contribution < -0.4 is 0 Å². The van der Waals surface area contributed by atoms with Gasteiger partial charge in [-0.2, -0.15) is 5.06 Å². The van der Waals surface area contributed by atoms with Gasteiger partial charge in [0.1, 0.15) is 0 Å². The summed E-state index contributed by atoms with van der Waals surface area (Å²) in [6.07, 6.45) is 0. The van der Waals surface area contributed by atoms with Crippen molar-refractivity contribution in [1.29, 1.82) is 0 Å². The molecule has 0 bridgehead atoms. The smallest absolute Gasteiger partial charge is 0.269 e. The number of nitrogens with zero attached hydrogens (tertiary/aromatic N) is 2. The second-order valence-electron chi connectivity index (χ2n) is 3.25. The molecule has 0 radical (unpaired) electrons. The maximum Gasteiger partial charge on any atom is 0.269 e. The van der Waals surface area contributed by atoms with Crippen LogP contribution in [0.1, 0.15) is 18.5 Å². The fourth-order valence-corrected chi connectivity index (χ4v) is 1.24. The minimum Gasteiger partial charge on any atom is -0.302 e. The molecule has 0 spiro atoms. The van der Waals surface area contributed by atoms with Gasteiger partial charge in [-0.15, -0.1) is 0 Å². The normalized spacial score (nSPS) is 12.8. The topological polar surface area (TPSA) is 55.6 Å². The number of benzene rings is 1. The minimum absolute atomic E-state index is 0.0656. The molecule has 1 unspecified atom stereocenters. The van der Waals surface area contributed by atoms with Crippen molar-refractivity contribution in [3.63, 3.8) is 0 Å². The minimum atomic E-state index is -0.408. The fraction of sp³-hybridized carbons (Fsp3) is 0.400. The highest BCUT2D eigenvalue weighted by Gasteiger charge is 2.12. The third-order valence-electron chi connectivity index (χ3n) is 2.42. The predicted molar refractivity (Wildman–Crippen MR) is 56.3 cm³/mol. The zero-order valence-corrected chi connectivity index (χ0v) is 9.01. The van der Waals surface area contributed by atoms with E-state index in [0.717, 1.165) is 5.56 Å². The lowest BCUT2D eigenvalue weighted by Crippen LogP contribution is -2.20. The molecule has 1 rings (SSSR count). The summed E-state index contributed by atoms with van der Waals surface area (Å²) in [4.78, 5) is 15.1. The Morgan fingerprint density at radius 1 is 1.40 bits per heavy atom. The second kappa shape index (κ2) is 4.86. The van der Waals surface area contributed by atoms with Crippen LogP contribution in [0.5, 0.6) is 0 Å². The Balaban J connectivity index is 2.84. The molecule has 5 heteroatoms. The number of nitro groups is 1. The highest BCUT2D eigenvalue weighted by molar-refractivity contribution is 5.33. The highest BCUT2D eigenvalue weighted by atomic mass is 16.7. The summed E-state index contributed by atoms with van der Waals surface area (Å²) in [5.74, 6) is 0. The maximum absolute atomic E-state index is 10.4. The molecule has 1 aromatic carbocycles. The Kier molecular flexibility index (Phi) is 3.76. The average molecular weight is 210 g/mol. The van der Waals surface area contributed by atoms with E-state index < -0.39 is 4.92 Å². The van der Waals surface area contributed by atoms with Crippen molar-refractivity contribution in [2.75, 3.05) is 14.2 Å². The number of nitro benzene ring substituents is 1. The van der Waals surface area contributed by atoms with Crippen molar-refractivity contribution in [2.45, 2.75) is 13.0 Å². The van der Waals surface area contributed by atoms with Crippen LogP contribution in [-0.2, 0) is 4.84 Å². The van der Waals surface area contributed by atoms with Crippen LogP contribution in [0.4, 0.5) is 5.69 Å². The number of hydroxylamine groups is 2. The first kappa shape index (κ1) is 11.6. The zero-order valence-electron chi connectivity index (χ0n) is 9.01. The molecule has 0 amide bonds. The second-order valence-corrected chi connectivity index (χ2v) is 3.25. The molecule has 15 heavy (non-hydrogen) atoms. The van der Waals surface area contributed by atoms with E-state index >= 15 is 0 Å². The molecule has 1 aromatic rings. The zero-order chi connectivity index (χ0) is 11.4. The Labute approximate surface area is 88.4 Å². The van der Waals surface area contributed by atoms with Gasteiger partial charge in [0.25, 0.3) is 5.69 Å². The highest BCUT2D eigenvalue weighted by Crippen LogP contribution is 2.21. The summed E-state index contributed by atoms with van der Waals surface area (Å²) in [6.45, 7) is 1.96. The van der Waals surface area contributed by atoms with E-state index in [1.807, 2.05) is 14.0 Å².